The monoisotopic (exact) mass is 408 g/mol. The highest BCUT2D eigenvalue weighted by atomic mass is 19.1. The summed E-state index contributed by atoms with van der Waals surface area (Å²) in [5.41, 5.74) is 0.207. The van der Waals surface area contributed by atoms with E-state index in [1.54, 1.807) is 0 Å². The van der Waals surface area contributed by atoms with Crippen LogP contribution in [0.2, 0.25) is 0 Å². The Balaban J connectivity index is 1.58. The second kappa shape index (κ2) is 9.19. The molecule has 7 nitrogen and oxygen atoms in total. The minimum Gasteiger partial charge on any atom is -0.352 e. The first-order chi connectivity index (χ1) is 13.9. The number of nitrogens with one attached hydrogen (secondary N) is 3. The molecule has 1 heterocycles. The third-order valence-electron chi connectivity index (χ3n) is 5.48. The number of carbonyl (C=O) groups is 3. The van der Waals surface area contributed by atoms with Gasteiger partial charge in [-0.3, -0.25) is 9.59 Å². The Morgan fingerprint density at radius 2 is 2.03 bits per heavy atom. The zero-order chi connectivity index (χ0) is 21.0. The van der Waals surface area contributed by atoms with Crippen molar-refractivity contribution in [3.63, 3.8) is 0 Å². The summed E-state index contributed by atoms with van der Waals surface area (Å²) in [6.07, 6.45) is 1.80. The van der Waals surface area contributed by atoms with Crippen molar-refractivity contribution in [3.8, 4) is 0 Å². The molecule has 3 atom stereocenters. The lowest BCUT2D eigenvalue weighted by Gasteiger charge is -2.23. The van der Waals surface area contributed by atoms with Gasteiger partial charge in [-0.15, -0.1) is 0 Å². The van der Waals surface area contributed by atoms with Crippen molar-refractivity contribution in [2.24, 2.45) is 11.8 Å². The highest BCUT2D eigenvalue weighted by Crippen LogP contribution is 2.33. The van der Waals surface area contributed by atoms with Crippen molar-refractivity contribution in [1.29, 1.82) is 0 Å². The first-order valence-electron chi connectivity index (χ1n) is 9.91. The largest absolute Gasteiger partial charge is 0.352 e. The molecule has 9 heteroatoms. The van der Waals surface area contributed by atoms with Gasteiger partial charge in [-0.05, 0) is 31.2 Å². The summed E-state index contributed by atoms with van der Waals surface area (Å²) in [5, 5.41) is 8.38. The lowest BCUT2D eigenvalue weighted by atomic mass is 10.0. The molecular formula is C20H26F2N4O3. The summed E-state index contributed by atoms with van der Waals surface area (Å²) >= 11 is 0. The van der Waals surface area contributed by atoms with Crippen LogP contribution in [0, 0.1) is 23.5 Å². The average Bonchev–Trinajstić information content (AvgIpc) is 2.99. The smallest absolute Gasteiger partial charge is 0.317 e. The van der Waals surface area contributed by atoms with Gasteiger partial charge in [0.1, 0.15) is 18.2 Å². The molecule has 2 fully saturated rings. The number of rotatable bonds is 5. The molecule has 0 unspecified atom stereocenters. The van der Waals surface area contributed by atoms with Gasteiger partial charge in [0.25, 0.3) is 0 Å². The van der Waals surface area contributed by atoms with Gasteiger partial charge in [0.2, 0.25) is 11.8 Å². The van der Waals surface area contributed by atoms with Crippen LogP contribution >= 0.6 is 0 Å². The van der Waals surface area contributed by atoms with Gasteiger partial charge in [0.15, 0.2) is 0 Å². The van der Waals surface area contributed by atoms with Gasteiger partial charge in [-0.2, -0.15) is 0 Å². The van der Waals surface area contributed by atoms with Gasteiger partial charge >= 0.3 is 6.03 Å². The molecule has 1 aromatic rings. The first kappa shape index (κ1) is 21.0. The predicted molar refractivity (Wildman–Crippen MR) is 102 cm³/mol. The van der Waals surface area contributed by atoms with Crippen molar-refractivity contribution in [3.05, 3.63) is 35.4 Å². The zero-order valence-corrected chi connectivity index (χ0v) is 16.3. The fourth-order valence-electron chi connectivity index (χ4n) is 3.98. The van der Waals surface area contributed by atoms with Crippen molar-refractivity contribution in [2.45, 2.75) is 38.8 Å². The second-order valence-electron chi connectivity index (χ2n) is 7.67. The SMILES string of the molecule is CCCNC(=O)N1CC(=O)N[C@@H]2C[C@@H](C(=O)NCc3ccc(F)cc3F)C[C@@H]2C1. The van der Waals surface area contributed by atoms with E-state index in [9.17, 15) is 23.2 Å². The predicted octanol–water partition coefficient (Wildman–Crippen LogP) is 1.53. The van der Waals surface area contributed by atoms with Crippen molar-refractivity contribution < 1.29 is 23.2 Å². The van der Waals surface area contributed by atoms with Crippen LogP contribution in [0.4, 0.5) is 13.6 Å². The van der Waals surface area contributed by atoms with E-state index < -0.39 is 11.6 Å². The molecule has 0 spiro atoms. The number of hydrogen-bond acceptors (Lipinski definition) is 3. The highest BCUT2D eigenvalue weighted by Gasteiger charge is 2.42. The van der Waals surface area contributed by atoms with Gasteiger partial charge in [-0.1, -0.05) is 13.0 Å². The summed E-state index contributed by atoms with van der Waals surface area (Å²) in [6.45, 7) is 2.85. The van der Waals surface area contributed by atoms with Gasteiger partial charge < -0.3 is 20.9 Å². The molecule has 158 valence electrons. The summed E-state index contributed by atoms with van der Waals surface area (Å²) in [4.78, 5) is 38.5. The Kier molecular flexibility index (Phi) is 6.66. The average molecular weight is 408 g/mol. The molecule has 2 aliphatic rings. The summed E-state index contributed by atoms with van der Waals surface area (Å²) in [5.74, 6) is -2.21. The minimum absolute atomic E-state index is 0.00323. The van der Waals surface area contributed by atoms with Crippen LogP contribution in [0.1, 0.15) is 31.7 Å². The van der Waals surface area contributed by atoms with Crippen LogP contribution in [-0.4, -0.2) is 48.4 Å². The van der Waals surface area contributed by atoms with E-state index in [1.807, 2.05) is 6.92 Å². The minimum atomic E-state index is -0.706. The van der Waals surface area contributed by atoms with Gasteiger partial charge in [-0.25, -0.2) is 13.6 Å². The number of hydrogen-bond donors (Lipinski definition) is 3. The molecule has 1 aliphatic heterocycles. The number of benzene rings is 1. The van der Waals surface area contributed by atoms with E-state index in [0.29, 0.717) is 25.9 Å². The van der Waals surface area contributed by atoms with E-state index in [4.69, 9.17) is 0 Å². The van der Waals surface area contributed by atoms with E-state index in [0.717, 1.165) is 18.6 Å². The quantitative estimate of drug-likeness (QED) is 0.690. The maximum absolute atomic E-state index is 13.7. The van der Waals surface area contributed by atoms with Gasteiger partial charge in [0, 0.05) is 43.2 Å². The van der Waals surface area contributed by atoms with Crippen LogP contribution in [0.25, 0.3) is 0 Å². The molecule has 0 bridgehead atoms. The molecule has 0 radical (unpaired) electrons. The third-order valence-corrected chi connectivity index (χ3v) is 5.48. The van der Waals surface area contributed by atoms with Crippen LogP contribution in [-0.2, 0) is 16.1 Å². The number of fused-ring (bicyclic) bond motifs is 1. The van der Waals surface area contributed by atoms with E-state index >= 15 is 0 Å². The molecule has 3 N–H and O–H groups in total. The Morgan fingerprint density at radius 3 is 2.76 bits per heavy atom. The van der Waals surface area contributed by atoms with E-state index in [1.165, 1.54) is 11.0 Å². The zero-order valence-electron chi connectivity index (χ0n) is 16.3. The number of nitrogens with zero attached hydrogens (tertiary/aromatic N) is 1. The van der Waals surface area contributed by atoms with E-state index in [-0.39, 0.29) is 54.4 Å². The number of amides is 4. The van der Waals surface area contributed by atoms with Crippen molar-refractivity contribution >= 4 is 17.8 Å². The Bertz CT molecular complexity index is 789. The van der Waals surface area contributed by atoms with Crippen molar-refractivity contribution in [1.82, 2.24) is 20.9 Å². The topological polar surface area (TPSA) is 90.5 Å². The molecule has 3 rings (SSSR count). The summed E-state index contributed by atoms with van der Waals surface area (Å²) < 4.78 is 26.7. The number of urea groups is 1. The Labute approximate surface area is 168 Å². The van der Waals surface area contributed by atoms with Gasteiger partial charge in [0.05, 0.1) is 0 Å². The van der Waals surface area contributed by atoms with Crippen LogP contribution in [0.5, 0.6) is 0 Å². The summed E-state index contributed by atoms with van der Waals surface area (Å²) in [7, 11) is 0. The molecule has 1 aromatic carbocycles. The first-order valence-corrected chi connectivity index (χ1v) is 9.91. The lowest BCUT2D eigenvalue weighted by Crippen LogP contribution is -2.44. The molecule has 29 heavy (non-hydrogen) atoms. The lowest BCUT2D eigenvalue weighted by molar-refractivity contribution is -0.125. The van der Waals surface area contributed by atoms with E-state index in [2.05, 4.69) is 16.0 Å². The maximum Gasteiger partial charge on any atom is 0.317 e. The van der Waals surface area contributed by atoms with Crippen LogP contribution in [0.15, 0.2) is 18.2 Å². The normalized spacial score (nSPS) is 23.8. The standard InChI is InChI=1S/C20H26F2N4O3/c1-2-5-23-20(29)26-10-14-6-13(7-17(14)25-18(27)11-26)19(28)24-9-12-3-4-15(21)8-16(12)22/h3-4,8,13-14,17H,2,5-7,9-11H2,1H3,(H,23,29)(H,24,28)(H,25,27)/t13-,14+,17+/m0/s1. The van der Waals surface area contributed by atoms with Crippen molar-refractivity contribution in [2.75, 3.05) is 19.6 Å². The Hall–Kier alpha value is -2.71. The molecular weight excluding hydrogens is 382 g/mol. The molecule has 4 amide bonds. The second-order valence-corrected chi connectivity index (χ2v) is 7.67. The van der Waals surface area contributed by atoms with Crippen LogP contribution in [0.3, 0.4) is 0 Å². The fourth-order valence-corrected chi connectivity index (χ4v) is 3.98. The number of halogens is 2. The third kappa shape index (κ3) is 5.21. The molecule has 1 saturated heterocycles. The summed E-state index contributed by atoms with van der Waals surface area (Å²) in [6, 6.07) is 2.78. The molecule has 1 aliphatic carbocycles. The fraction of sp³-hybridized carbons (Fsp3) is 0.550. The molecule has 1 saturated carbocycles. The molecule has 0 aromatic heterocycles. The van der Waals surface area contributed by atoms with Crippen LogP contribution < -0.4 is 16.0 Å². The number of carbonyl (C=O) groups excluding carboxylic acids is 3. The highest BCUT2D eigenvalue weighted by molar-refractivity contribution is 5.85. The Morgan fingerprint density at radius 1 is 1.24 bits per heavy atom. The maximum atomic E-state index is 13.7.